The van der Waals surface area contributed by atoms with E-state index >= 15 is 0 Å². The Balaban J connectivity index is 1.70. The molecular formula is C23H27N3O3. The van der Waals surface area contributed by atoms with Crippen molar-refractivity contribution in [1.29, 1.82) is 0 Å². The number of nitrogens with one attached hydrogen (secondary N) is 3. The fraction of sp³-hybridized carbons (Fsp3) is 0.348. The second-order valence-electron chi connectivity index (χ2n) is 8.02. The number of anilines is 3. The summed E-state index contributed by atoms with van der Waals surface area (Å²) < 4.78 is 0. The molecule has 6 heteroatoms. The van der Waals surface area contributed by atoms with Crippen LogP contribution < -0.4 is 16.0 Å². The maximum Gasteiger partial charge on any atom is 0.255 e. The van der Waals surface area contributed by atoms with Crippen molar-refractivity contribution in [3.63, 3.8) is 0 Å². The standard InChI is InChI=1S/C23H27N3O3/c1-13(2)21(27)24-18-9-8-14(3)20(12-18)26-22(28)16-6-5-7-17(11-16)25-23(29)19-10-15(19)4/h5-9,11-13,15,19H,10H2,1-4H3,(H,24,27)(H,25,29)(H,26,28). The average molecular weight is 393 g/mol. The van der Waals surface area contributed by atoms with E-state index in [0.29, 0.717) is 28.5 Å². The number of amides is 3. The quantitative estimate of drug-likeness (QED) is 0.678. The zero-order chi connectivity index (χ0) is 21.1. The number of carbonyl (C=O) groups excluding carboxylic acids is 3. The van der Waals surface area contributed by atoms with Crippen LogP contribution in [0.2, 0.25) is 0 Å². The maximum absolute atomic E-state index is 12.7. The second kappa shape index (κ2) is 8.47. The number of rotatable bonds is 6. The molecule has 2 unspecified atom stereocenters. The third kappa shape index (κ3) is 5.22. The van der Waals surface area contributed by atoms with Crippen LogP contribution in [0, 0.1) is 24.7 Å². The van der Waals surface area contributed by atoms with Gasteiger partial charge in [-0.25, -0.2) is 0 Å². The van der Waals surface area contributed by atoms with E-state index in [1.165, 1.54) is 0 Å². The minimum absolute atomic E-state index is 0.000465. The van der Waals surface area contributed by atoms with E-state index in [1.807, 2.05) is 33.8 Å². The van der Waals surface area contributed by atoms with Crippen LogP contribution in [-0.4, -0.2) is 17.7 Å². The van der Waals surface area contributed by atoms with Gasteiger partial charge in [0.25, 0.3) is 5.91 Å². The minimum atomic E-state index is -0.281. The highest BCUT2D eigenvalue weighted by molar-refractivity contribution is 6.06. The van der Waals surface area contributed by atoms with Crippen molar-refractivity contribution in [1.82, 2.24) is 0 Å². The highest BCUT2D eigenvalue weighted by Crippen LogP contribution is 2.38. The van der Waals surface area contributed by atoms with E-state index < -0.39 is 0 Å². The third-order valence-electron chi connectivity index (χ3n) is 5.12. The summed E-state index contributed by atoms with van der Waals surface area (Å²) in [5.74, 6) is -0.00635. The van der Waals surface area contributed by atoms with Crippen LogP contribution in [0.15, 0.2) is 42.5 Å². The first-order valence-corrected chi connectivity index (χ1v) is 9.88. The lowest BCUT2D eigenvalue weighted by atomic mass is 10.1. The monoisotopic (exact) mass is 393 g/mol. The van der Waals surface area contributed by atoms with E-state index in [-0.39, 0.29) is 29.6 Å². The molecule has 2 aromatic rings. The fourth-order valence-corrected chi connectivity index (χ4v) is 2.98. The van der Waals surface area contributed by atoms with E-state index in [4.69, 9.17) is 0 Å². The summed E-state index contributed by atoms with van der Waals surface area (Å²) in [4.78, 5) is 36.8. The first-order valence-electron chi connectivity index (χ1n) is 9.88. The molecule has 6 nitrogen and oxygen atoms in total. The molecule has 0 saturated heterocycles. The minimum Gasteiger partial charge on any atom is -0.326 e. The zero-order valence-corrected chi connectivity index (χ0v) is 17.2. The molecule has 3 N–H and O–H groups in total. The Bertz CT molecular complexity index is 952. The average Bonchev–Trinajstić information content (AvgIpc) is 3.41. The lowest BCUT2D eigenvalue weighted by Crippen LogP contribution is -2.18. The largest absolute Gasteiger partial charge is 0.326 e. The maximum atomic E-state index is 12.7. The van der Waals surface area contributed by atoms with Crippen molar-refractivity contribution in [2.45, 2.75) is 34.1 Å². The lowest BCUT2D eigenvalue weighted by Gasteiger charge is -2.13. The van der Waals surface area contributed by atoms with Gasteiger partial charge in [-0.1, -0.05) is 32.9 Å². The van der Waals surface area contributed by atoms with Gasteiger partial charge in [0, 0.05) is 34.5 Å². The summed E-state index contributed by atoms with van der Waals surface area (Å²) in [5, 5.41) is 8.60. The van der Waals surface area contributed by atoms with Gasteiger partial charge in [-0.2, -0.15) is 0 Å². The van der Waals surface area contributed by atoms with Crippen LogP contribution in [0.3, 0.4) is 0 Å². The van der Waals surface area contributed by atoms with Gasteiger partial charge in [-0.3, -0.25) is 14.4 Å². The van der Waals surface area contributed by atoms with Gasteiger partial charge < -0.3 is 16.0 Å². The van der Waals surface area contributed by atoms with Crippen molar-refractivity contribution in [2.75, 3.05) is 16.0 Å². The Hall–Kier alpha value is -3.15. The highest BCUT2D eigenvalue weighted by Gasteiger charge is 2.39. The van der Waals surface area contributed by atoms with Gasteiger partial charge in [0.1, 0.15) is 0 Å². The first-order chi connectivity index (χ1) is 13.7. The number of benzene rings is 2. The molecule has 3 amide bonds. The molecule has 0 spiro atoms. The molecule has 29 heavy (non-hydrogen) atoms. The van der Waals surface area contributed by atoms with Crippen LogP contribution in [0.4, 0.5) is 17.1 Å². The van der Waals surface area contributed by atoms with Crippen molar-refractivity contribution in [3.05, 3.63) is 53.6 Å². The summed E-state index contributed by atoms with van der Waals surface area (Å²) in [7, 11) is 0. The van der Waals surface area contributed by atoms with Crippen LogP contribution in [0.25, 0.3) is 0 Å². The molecule has 0 aliphatic heterocycles. The van der Waals surface area contributed by atoms with Gasteiger partial charge >= 0.3 is 0 Å². The topological polar surface area (TPSA) is 87.3 Å². The molecule has 1 saturated carbocycles. The molecule has 2 atom stereocenters. The summed E-state index contributed by atoms with van der Waals surface area (Å²) >= 11 is 0. The number of hydrogen-bond donors (Lipinski definition) is 3. The summed E-state index contributed by atoms with van der Waals surface area (Å²) in [6.07, 6.45) is 0.912. The molecule has 0 radical (unpaired) electrons. The van der Waals surface area contributed by atoms with E-state index in [1.54, 1.807) is 36.4 Å². The van der Waals surface area contributed by atoms with Gasteiger partial charge in [0.2, 0.25) is 11.8 Å². The predicted octanol–water partition coefficient (Wildman–Crippen LogP) is 4.44. The normalized spacial score (nSPS) is 17.6. The molecule has 2 aromatic carbocycles. The molecule has 0 heterocycles. The Morgan fingerprint density at radius 2 is 1.66 bits per heavy atom. The molecule has 1 aliphatic carbocycles. The number of carbonyl (C=O) groups is 3. The van der Waals surface area contributed by atoms with Crippen LogP contribution >= 0.6 is 0 Å². The summed E-state index contributed by atoms with van der Waals surface area (Å²) in [5.41, 5.74) is 3.19. The molecule has 0 bridgehead atoms. The molecule has 3 rings (SSSR count). The van der Waals surface area contributed by atoms with E-state index in [2.05, 4.69) is 16.0 Å². The fourth-order valence-electron chi connectivity index (χ4n) is 2.98. The van der Waals surface area contributed by atoms with E-state index in [9.17, 15) is 14.4 Å². The van der Waals surface area contributed by atoms with Crippen LogP contribution in [0.5, 0.6) is 0 Å². The van der Waals surface area contributed by atoms with Crippen molar-refractivity contribution in [3.8, 4) is 0 Å². The number of aryl methyl sites for hydroxylation is 1. The molecule has 1 aliphatic rings. The van der Waals surface area contributed by atoms with Gasteiger partial charge in [0.15, 0.2) is 0 Å². The second-order valence-corrected chi connectivity index (χ2v) is 8.02. The summed E-state index contributed by atoms with van der Waals surface area (Å²) in [6.45, 7) is 7.58. The predicted molar refractivity (Wildman–Crippen MR) is 115 cm³/mol. The molecule has 1 fully saturated rings. The molecule has 0 aromatic heterocycles. The van der Waals surface area contributed by atoms with Gasteiger partial charge in [-0.15, -0.1) is 0 Å². The van der Waals surface area contributed by atoms with Crippen molar-refractivity contribution in [2.24, 2.45) is 17.8 Å². The van der Waals surface area contributed by atoms with E-state index in [0.717, 1.165) is 12.0 Å². The Labute approximate surface area is 171 Å². The van der Waals surface area contributed by atoms with Crippen LogP contribution in [-0.2, 0) is 9.59 Å². The zero-order valence-electron chi connectivity index (χ0n) is 17.2. The smallest absolute Gasteiger partial charge is 0.255 e. The van der Waals surface area contributed by atoms with Crippen LogP contribution in [0.1, 0.15) is 43.1 Å². The Kier molecular flexibility index (Phi) is 6.01. The first kappa shape index (κ1) is 20.6. The van der Waals surface area contributed by atoms with Crippen molar-refractivity contribution >= 4 is 34.8 Å². The number of hydrogen-bond acceptors (Lipinski definition) is 3. The van der Waals surface area contributed by atoms with Gasteiger partial charge in [-0.05, 0) is 55.2 Å². The summed E-state index contributed by atoms with van der Waals surface area (Å²) in [6, 6.07) is 12.3. The Morgan fingerprint density at radius 3 is 2.31 bits per heavy atom. The van der Waals surface area contributed by atoms with Gasteiger partial charge in [0.05, 0.1) is 0 Å². The highest BCUT2D eigenvalue weighted by atomic mass is 16.2. The Morgan fingerprint density at radius 1 is 0.966 bits per heavy atom. The lowest BCUT2D eigenvalue weighted by molar-refractivity contribution is -0.119. The SMILES string of the molecule is Cc1ccc(NC(=O)C(C)C)cc1NC(=O)c1cccc(NC(=O)C2CC2C)c1. The third-order valence-corrected chi connectivity index (χ3v) is 5.12. The molecule has 152 valence electrons. The molecular weight excluding hydrogens is 366 g/mol. The van der Waals surface area contributed by atoms with Crippen molar-refractivity contribution < 1.29 is 14.4 Å².